The van der Waals surface area contributed by atoms with Crippen LogP contribution in [-0.4, -0.2) is 49.6 Å². The summed E-state index contributed by atoms with van der Waals surface area (Å²) in [4.78, 5) is 36.0. The van der Waals surface area contributed by atoms with Gasteiger partial charge >= 0.3 is 11.9 Å². The highest BCUT2D eigenvalue weighted by Crippen LogP contribution is 2.39. The molecule has 2 fully saturated rings. The van der Waals surface area contributed by atoms with E-state index in [0.29, 0.717) is 32.3 Å². The molecule has 0 aromatic carbocycles. The van der Waals surface area contributed by atoms with Crippen LogP contribution in [0.3, 0.4) is 0 Å². The van der Waals surface area contributed by atoms with Gasteiger partial charge in [-0.15, -0.1) is 0 Å². The standard InChI is InChI=1S/C26H40F2O6/c1-3-16-26(27,28)23(30)13-10-12-19-20(11-6-4-5-7-14-24(31)32-2)22(18-21(19)29)34-25-15-8-9-17-33-25/h4,6,19-20,22,25H,3,5,7-18H2,1-2H3/t19-,20-,22+,25?/m1/s1. The molecule has 34 heavy (non-hydrogen) atoms. The average molecular weight is 487 g/mol. The molecule has 6 nitrogen and oxygen atoms in total. The fraction of sp³-hybridized carbons (Fsp3) is 0.808. The summed E-state index contributed by atoms with van der Waals surface area (Å²) in [6, 6.07) is 0. The van der Waals surface area contributed by atoms with Crippen LogP contribution < -0.4 is 0 Å². The van der Waals surface area contributed by atoms with E-state index in [1.54, 1.807) is 6.92 Å². The van der Waals surface area contributed by atoms with E-state index in [4.69, 9.17) is 9.47 Å². The van der Waals surface area contributed by atoms with E-state index in [1.165, 1.54) is 7.11 Å². The van der Waals surface area contributed by atoms with Crippen LogP contribution in [0, 0.1) is 11.8 Å². The minimum absolute atomic E-state index is 0.0673. The normalized spacial score (nSPS) is 25.7. The number of rotatable bonds is 15. The van der Waals surface area contributed by atoms with Crippen molar-refractivity contribution in [2.24, 2.45) is 11.8 Å². The molecule has 2 rings (SSSR count). The number of carbonyl (C=O) groups is 3. The Bertz CT molecular complexity index is 687. The van der Waals surface area contributed by atoms with Crippen LogP contribution in [-0.2, 0) is 28.6 Å². The molecule has 0 aromatic rings. The van der Waals surface area contributed by atoms with Crippen LogP contribution in [0.25, 0.3) is 0 Å². The van der Waals surface area contributed by atoms with Crippen molar-refractivity contribution < 1.29 is 37.4 Å². The zero-order valence-corrected chi connectivity index (χ0v) is 20.6. The van der Waals surface area contributed by atoms with Crippen molar-refractivity contribution in [2.75, 3.05) is 13.7 Å². The molecule has 0 radical (unpaired) electrons. The third-order valence-corrected chi connectivity index (χ3v) is 6.72. The first-order valence-corrected chi connectivity index (χ1v) is 12.7. The number of Topliss-reactive ketones (excluding diaryl/α,β-unsaturated/α-hetero) is 2. The van der Waals surface area contributed by atoms with Gasteiger partial charge in [0.05, 0.1) is 13.2 Å². The quantitative estimate of drug-likeness (QED) is 0.171. The molecule has 4 atom stereocenters. The van der Waals surface area contributed by atoms with E-state index in [1.807, 2.05) is 12.2 Å². The molecule has 1 heterocycles. The van der Waals surface area contributed by atoms with Crippen LogP contribution in [0.5, 0.6) is 0 Å². The molecule has 0 bridgehead atoms. The number of halogens is 2. The Morgan fingerprint density at radius 1 is 1.18 bits per heavy atom. The van der Waals surface area contributed by atoms with Gasteiger partial charge in [-0.25, -0.2) is 0 Å². The number of esters is 1. The molecule has 1 aliphatic heterocycles. The fourth-order valence-corrected chi connectivity index (χ4v) is 4.81. The highest BCUT2D eigenvalue weighted by Gasteiger charge is 2.43. The average Bonchev–Trinajstić information content (AvgIpc) is 3.10. The van der Waals surface area contributed by atoms with Crippen molar-refractivity contribution in [3.63, 3.8) is 0 Å². The van der Waals surface area contributed by atoms with Crippen LogP contribution in [0.2, 0.25) is 0 Å². The minimum atomic E-state index is -3.29. The van der Waals surface area contributed by atoms with E-state index in [-0.39, 0.29) is 61.7 Å². The van der Waals surface area contributed by atoms with Gasteiger partial charge in [0.2, 0.25) is 5.78 Å². The zero-order valence-electron chi connectivity index (χ0n) is 20.6. The molecule has 194 valence electrons. The molecule has 0 N–H and O–H groups in total. The minimum Gasteiger partial charge on any atom is -0.469 e. The van der Waals surface area contributed by atoms with Crippen LogP contribution in [0.15, 0.2) is 12.2 Å². The van der Waals surface area contributed by atoms with Crippen molar-refractivity contribution in [1.82, 2.24) is 0 Å². The molecule has 0 aromatic heterocycles. The number of ether oxygens (including phenoxy) is 3. The SMILES string of the molecule is CCCC(F)(F)C(=O)CCC[C@H]1C(=O)C[C@H](OC2CCCCO2)[C@@H]1CC=CCCCC(=O)OC. The molecular weight excluding hydrogens is 446 g/mol. The Kier molecular flexibility index (Phi) is 12.3. The first-order valence-electron chi connectivity index (χ1n) is 12.7. The second-order valence-electron chi connectivity index (χ2n) is 9.36. The number of ketones is 2. The lowest BCUT2D eigenvalue weighted by molar-refractivity contribution is -0.195. The monoisotopic (exact) mass is 486 g/mol. The van der Waals surface area contributed by atoms with Gasteiger partial charge in [0.25, 0.3) is 0 Å². The molecule has 2 aliphatic rings. The maximum atomic E-state index is 13.8. The maximum absolute atomic E-state index is 13.8. The van der Waals surface area contributed by atoms with E-state index in [2.05, 4.69) is 4.74 Å². The number of allylic oxidation sites excluding steroid dienone is 2. The van der Waals surface area contributed by atoms with Gasteiger partial charge in [0, 0.05) is 38.2 Å². The van der Waals surface area contributed by atoms with Crippen molar-refractivity contribution in [2.45, 2.75) is 109 Å². The summed E-state index contributed by atoms with van der Waals surface area (Å²) in [5.74, 6) is -4.90. The highest BCUT2D eigenvalue weighted by atomic mass is 19.3. The summed E-state index contributed by atoms with van der Waals surface area (Å²) < 4.78 is 44.2. The highest BCUT2D eigenvalue weighted by molar-refractivity contribution is 5.86. The van der Waals surface area contributed by atoms with Crippen molar-refractivity contribution >= 4 is 17.5 Å². The Morgan fingerprint density at radius 3 is 2.65 bits per heavy atom. The third kappa shape index (κ3) is 9.17. The lowest BCUT2D eigenvalue weighted by atomic mass is 9.86. The van der Waals surface area contributed by atoms with Gasteiger partial charge in [-0.3, -0.25) is 14.4 Å². The number of unbranched alkanes of at least 4 members (excludes halogenated alkanes) is 1. The molecule has 1 saturated carbocycles. The van der Waals surface area contributed by atoms with Crippen molar-refractivity contribution in [3.05, 3.63) is 12.2 Å². The number of methoxy groups -OCH3 is 1. The molecule has 1 aliphatic carbocycles. The van der Waals surface area contributed by atoms with E-state index < -0.39 is 18.1 Å². The first-order chi connectivity index (χ1) is 16.3. The number of hydrogen-bond donors (Lipinski definition) is 0. The molecule has 1 unspecified atom stereocenters. The van der Waals surface area contributed by atoms with Gasteiger partial charge < -0.3 is 14.2 Å². The molecule has 1 saturated heterocycles. The van der Waals surface area contributed by atoms with Gasteiger partial charge in [0.15, 0.2) is 6.29 Å². The molecule has 8 heteroatoms. The fourth-order valence-electron chi connectivity index (χ4n) is 4.81. The number of hydrogen-bond acceptors (Lipinski definition) is 6. The lowest BCUT2D eigenvalue weighted by Crippen LogP contribution is -2.31. The summed E-state index contributed by atoms with van der Waals surface area (Å²) in [7, 11) is 1.37. The molecular formula is C26H40F2O6. The van der Waals surface area contributed by atoms with Gasteiger partial charge in [0.1, 0.15) is 5.78 Å². The zero-order chi connectivity index (χ0) is 25.0. The second kappa shape index (κ2) is 14.7. The number of alkyl halides is 2. The topological polar surface area (TPSA) is 78.9 Å². The summed E-state index contributed by atoms with van der Waals surface area (Å²) in [6.07, 6.45) is 9.14. The summed E-state index contributed by atoms with van der Waals surface area (Å²) in [5, 5.41) is 0. The summed E-state index contributed by atoms with van der Waals surface area (Å²) in [5.41, 5.74) is 0. The van der Waals surface area contributed by atoms with Crippen molar-refractivity contribution in [3.8, 4) is 0 Å². The molecule has 0 amide bonds. The Hall–Kier alpha value is -1.67. The summed E-state index contributed by atoms with van der Waals surface area (Å²) >= 11 is 0. The van der Waals surface area contributed by atoms with Gasteiger partial charge in [-0.05, 0) is 63.7 Å². The summed E-state index contributed by atoms with van der Waals surface area (Å²) in [6.45, 7) is 2.27. The van der Waals surface area contributed by atoms with Crippen LogP contribution in [0.4, 0.5) is 8.78 Å². The second-order valence-corrected chi connectivity index (χ2v) is 9.36. The van der Waals surface area contributed by atoms with Crippen LogP contribution >= 0.6 is 0 Å². The van der Waals surface area contributed by atoms with Gasteiger partial charge in [-0.2, -0.15) is 8.78 Å². The smallest absolute Gasteiger partial charge is 0.305 e. The predicted octanol–water partition coefficient (Wildman–Crippen LogP) is 5.57. The first kappa shape index (κ1) is 28.6. The largest absolute Gasteiger partial charge is 0.469 e. The Labute approximate surface area is 201 Å². The Morgan fingerprint density at radius 2 is 1.97 bits per heavy atom. The maximum Gasteiger partial charge on any atom is 0.305 e. The van der Waals surface area contributed by atoms with Gasteiger partial charge in [-0.1, -0.05) is 19.1 Å². The van der Waals surface area contributed by atoms with Crippen LogP contribution in [0.1, 0.15) is 90.4 Å². The Balaban J connectivity index is 1.94. The predicted molar refractivity (Wildman–Crippen MR) is 123 cm³/mol. The van der Waals surface area contributed by atoms with E-state index >= 15 is 0 Å². The van der Waals surface area contributed by atoms with E-state index in [0.717, 1.165) is 25.7 Å². The lowest BCUT2D eigenvalue weighted by Gasteiger charge is -2.29. The van der Waals surface area contributed by atoms with Crippen molar-refractivity contribution in [1.29, 1.82) is 0 Å². The third-order valence-electron chi connectivity index (χ3n) is 6.72. The van der Waals surface area contributed by atoms with E-state index in [9.17, 15) is 23.2 Å². The molecule has 0 spiro atoms. The number of carbonyl (C=O) groups excluding carboxylic acids is 3.